The molecular formula is C15H24N4O. The van der Waals surface area contributed by atoms with Crippen molar-refractivity contribution in [2.24, 2.45) is 0 Å². The number of hydrogen-bond donors (Lipinski definition) is 2. The number of nitrogens with one attached hydrogen (secondary N) is 1. The highest BCUT2D eigenvalue weighted by Crippen LogP contribution is 2.42. The Bertz CT molecular complexity index is 477. The maximum atomic E-state index is 9.96. The van der Waals surface area contributed by atoms with Crippen LogP contribution in [0.2, 0.25) is 0 Å². The maximum absolute atomic E-state index is 9.96. The van der Waals surface area contributed by atoms with Gasteiger partial charge in [-0.1, -0.05) is 13.8 Å². The van der Waals surface area contributed by atoms with Crippen molar-refractivity contribution in [2.45, 2.75) is 63.6 Å². The Labute approximate surface area is 120 Å². The summed E-state index contributed by atoms with van der Waals surface area (Å²) in [6.45, 7) is 4.37. The zero-order chi connectivity index (χ0) is 14.3. The standard InChI is InChI=1S/C15H24N4O/c1-9(2)13-14(16-3)17-8-18-15(13)19-10-4-5-11(19)7-12(20)6-10/h8-12,20H,4-7H2,1-3H3,(H,16,17,18). The van der Waals surface area contributed by atoms with Crippen molar-refractivity contribution in [3.8, 4) is 0 Å². The quantitative estimate of drug-likeness (QED) is 0.885. The SMILES string of the molecule is CNc1ncnc(N2C3CCC2CC(O)C3)c1C(C)C. The predicted octanol–water partition coefficient (Wildman–Crippen LogP) is 2.13. The van der Waals surface area contributed by atoms with E-state index in [1.165, 1.54) is 5.56 Å². The van der Waals surface area contributed by atoms with Crippen molar-refractivity contribution < 1.29 is 5.11 Å². The number of aliphatic hydroxyl groups excluding tert-OH is 1. The number of anilines is 2. The number of hydrogen-bond acceptors (Lipinski definition) is 5. The Hall–Kier alpha value is -1.36. The van der Waals surface area contributed by atoms with Crippen LogP contribution >= 0.6 is 0 Å². The van der Waals surface area contributed by atoms with E-state index < -0.39 is 0 Å². The first-order valence-corrected chi connectivity index (χ1v) is 7.60. The zero-order valence-electron chi connectivity index (χ0n) is 12.5. The fraction of sp³-hybridized carbons (Fsp3) is 0.733. The van der Waals surface area contributed by atoms with Crippen LogP contribution in [0.4, 0.5) is 11.6 Å². The van der Waals surface area contributed by atoms with Crippen molar-refractivity contribution in [1.82, 2.24) is 9.97 Å². The van der Waals surface area contributed by atoms with Gasteiger partial charge in [0.1, 0.15) is 18.0 Å². The van der Waals surface area contributed by atoms with Gasteiger partial charge in [0.2, 0.25) is 0 Å². The van der Waals surface area contributed by atoms with E-state index in [4.69, 9.17) is 0 Å². The van der Waals surface area contributed by atoms with Crippen molar-refractivity contribution in [2.75, 3.05) is 17.3 Å². The van der Waals surface area contributed by atoms with Gasteiger partial charge in [-0.15, -0.1) is 0 Å². The highest BCUT2D eigenvalue weighted by molar-refractivity contribution is 5.61. The van der Waals surface area contributed by atoms with Gasteiger partial charge in [-0.3, -0.25) is 0 Å². The molecule has 2 saturated heterocycles. The molecule has 1 aromatic heterocycles. The van der Waals surface area contributed by atoms with Crippen molar-refractivity contribution in [3.05, 3.63) is 11.9 Å². The van der Waals surface area contributed by atoms with E-state index >= 15 is 0 Å². The second-order valence-corrected chi connectivity index (χ2v) is 6.28. The molecule has 2 N–H and O–H groups in total. The number of aromatic nitrogens is 2. The average molecular weight is 276 g/mol. The zero-order valence-corrected chi connectivity index (χ0v) is 12.5. The van der Waals surface area contributed by atoms with Crippen molar-refractivity contribution in [1.29, 1.82) is 0 Å². The summed E-state index contributed by atoms with van der Waals surface area (Å²) in [4.78, 5) is 11.4. The summed E-state index contributed by atoms with van der Waals surface area (Å²) in [5.41, 5.74) is 1.20. The van der Waals surface area contributed by atoms with E-state index in [1.54, 1.807) is 6.33 Å². The van der Waals surface area contributed by atoms with Gasteiger partial charge in [-0.25, -0.2) is 9.97 Å². The largest absolute Gasteiger partial charge is 0.393 e. The number of aliphatic hydroxyl groups is 1. The highest BCUT2D eigenvalue weighted by Gasteiger charge is 2.42. The van der Waals surface area contributed by atoms with Crippen LogP contribution in [0.15, 0.2) is 6.33 Å². The first-order chi connectivity index (χ1) is 9.61. The Kier molecular flexibility index (Phi) is 3.54. The van der Waals surface area contributed by atoms with Crippen molar-refractivity contribution in [3.63, 3.8) is 0 Å². The lowest BCUT2D eigenvalue weighted by Gasteiger charge is -2.39. The molecule has 5 heteroatoms. The van der Waals surface area contributed by atoms with Gasteiger partial charge in [0, 0.05) is 24.7 Å². The van der Waals surface area contributed by atoms with E-state index in [-0.39, 0.29) is 6.10 Å². The molecule has 2 unspecified atom stereocenters. The molecule has 3 heterocycles. The molecule has 2 aliphatic rings. The molecule has 2 atom stereocenters. The van der Waals surface area contributed by atoms with Crippen LogP contribution in [0, 0.1) is 0 Å². The topological polar surface area (TPSA) is 61.3 Å². The smallest absolute Gasteiger partial charge is 0.138 e. The first kappa shape index (κ1) is 13.6. The van der Waals surface area contributed by atoms with Crippen molar-refractivity contribution >= 4 is 11.6 Å². The molecule has 0 saturated carbocycles. The number of rotatable bonds is 3. The second kappa shape index (κ2) is 5.20. The van der Waals surface area contributed by atoms with E-state index in [0.717, 1.165) is 37.3 Å². The van der Waals surface area contributed by atoms with Gasteiger partial charge < -0.3 is 15.3 Å². The fourth-order valence-corrected chi connectivity index (χ4v) is 3.82. The molecule has 0 aliphatic carbocycles. The Morgan fingerprint density at radius 2 is 1.90 bits per heavy atom. The lowest BCUT2D eigenvalue weighted by Crippen LogP contribution is -2.45. The van der Waals surface area contributed by atoms with Gasteiger partial charge >= 0.3 is 0 Å². The summed E-state index contributed by atoms with van der Waals surface area (Å²) in [6.07, 6.45) is 5.57. The molecule has 1 aromatic rings. The summed E-state index contributed by atoms with van der Waals surface area (Å²) in [7, 11) is 1.91. The third-order valence-electron chi connectivity index (χ3n) is 4.63. The van der Waals surface area contributed by atoms with Gasteiger partial charge in [0.25, 0.3) is 0 Å². The predicted molar refractivity (Wildman–Crippen MR) is 80.2 cm³/mol. The van der Waals surface area contributed by atoms with Crippen LogP contribution in [0.25, 0.3) is 0 Å². The summed E-state index contributed by atoms with van der Waals surface area (Å²) in [5, 5.41) is 13.2. The maximum Gasteiger partial charge on any atom is 0.138 e. The van der Waals surface area contributed by atoms with Crippen LogP contribution in [-0.2, 0) is 0 Å². The van der Waals surface area contributed by atoms with Crippen LogP contribution in [0.3, 0.4) is 0 Å². The Balaban J connectivity index is 2.02. The van der Waals surface area contributed by atoms with Crippen LogP contribution in [0.5, 0.6) is 0 Å². The molecule has 110 valence electrons. The van der Waals surface area contributed by atoms with Gasteiger partial charge in [-0.05, 0) is 31.6 Å². The van der Waals surface area contributed by atoms with Crippen LogP contribution in [-0.4, -0.2) is 40.3 Å². The highest BCUT2D eigenvalue weighted by atomic mass is 16.3. The molecule has 2 fully saturated rings. The minimum absolute atomic E-state index is 0.142. The van der Waals surface area contributed by atoms with E-state index in [2.05, 4.69) is 34.0 Å². The lowest BCUT2D eigenvalue weighted by molar-refractivity contribution is 0.126. The first-order valence-electron chi connectivity index (χ1n) is 7.60. The fourth-order valence-electron chi connectivity index (χ4n) is 3.82. The van der Waals surface area contributed by atoms with Crippen LogP contribution in [0.1, 0.15) is 51.0 Å². The summed E-state index contributed by atoms with van der Waals surface area (Å²) < 4.78 is 0. The van der Waals surface area contributed by atoms with Gasteiger partial charge in [-0.2, -0.15) is 0 Å². The van der Waals surface area contributed by atoms with E-state index in [9.17, 15) is 5.11 Å². The molecular weight excluding hydrogens is 252 g/mol. The molecule has 20 heavy (non-hydrogen) atoms. The minimum Gasteiger partial charge on any atom is -0.393 e. The molecule has 2 aliphatic heterocycles. The lowest BCUT2D eigenvalue weighted by atomic mass is 9.97. The number of piperidine rings is 1. The number of nitrogens with zero attached hydrogens (tertiary/aromatic N) is 3. The molecule has 3 rings (SSSR count). The number of fused-ring (bicyclic) bond motifs is 2. The third kappa shape index (κ3) is 2.14. The second-order valence-electron chi connectivity index (χ2n) is 6.28. The summed E-state index contributed by atoms with van der Waals surface area (Å²) in [6, 6.07) is 0.863. The van der Waals surface area contributed by atoms with Crippen LogP contribution < -0.4 is 10.2 Å². The van der Waals surface area contributed by atoms with Gasteiger partial charge in [0.05, 0.1) is 6.10 Å². The molecule has 0 aromatic carbocycles. The third-order valence-corrected chi connectivity index (χ3v) is 4.63. The van der Waals surface area contributed by atoms with E-state index in [1.807, 2.05) is 7.05 Å². The molecule has 0 spiro atoms. The Morgan fingerprint density at radius 1 is 1.25 bits per heavy atom. The molecule has 5 nitrogen and oxygen atoms in total. The Morgan fingerprint density at radius 3 is 2.45 bits per heavy atom. The summed E-state index contributed by atoms with van der Waals surface area (Å²) in [5.74, 6) is 2.37. The summed E-state index contributed by atoms with van der Waals surface area (Å²) >= 11 is 0. The average Bonchev–Trinajstić information content (AvgIpc) is 2.69. The molecule has 0 radical (unpaired) electrons. The monoisotopic (exact) mass is 276 g/mol. The normalized spacial score (nSPS) is 29.1. The van der Waals surface area contributed by atoms with Gasteiger partial charge in [0.15, 0.2) is 0 Å². The minimum atomic E-state index is -0.142. The molecule has 0 amide bonds. The molecule has 2 bridgehead atoms. The van der Waals surface area contributed by atoms with E-state index in [0.29, 0.717) is 18.0 Å².